The largest absolute Gasteiger partial charge is 0.464 e. The van der Waals surface area contributed by atoms with E-state index in [1.165, 1.54) is 0 Å². The number of likely N-dealkylation sites (tertiary alicyclic amines) is 1. The van der Waals surface area contributed by atoms with Gasteiger partial charge in [-0.05, 0) is 30.9 Å². The van der Waals surface area contributed by atoms with Crippen molar-refractivity contribution in [3.63, 3.8) is 0 Å². The molecule has 5 heteroatoms. The van der Waals surface area contributed by atoms with Crippen molar-refractivity contribution < 1.29 is 14.3 Å². The van der Waals surface area contributed by atoms with Crippen LogP contribution in [0.25, 0.3) is 0 Å². The maximum atomic E-state index is 11.0. The lowest BCUT2D eigenvalue weighted by molar-refractivity contribution is 0.176. The Hall–Kier alpha value is -1.49. The molecule has 1 fully saturated rings. The highest BCUT2D eigenvalue weighted by atomic mass is 16.4. The van der Waals surface area contributed by atoms with Gasteiger partial charge in [0.05, 0.1) is 0 Å². The molecule has 0 radical (unpaired) electrons. The molecule has 1 aromatic rings. The third-order valence-electron chi connectivity index (χ3n) is 3.29. The minimum atomic E-state index is -0.330. The molecule has 94 valence electrons. The molecule has 1 saturated heterocycles. The summed E-state index contributed by atoms with van der Waals surface area (Å²) in [6.45, 7) is 1.40. The van der Waals surface area contributed by atoms with Crippen LogP contribution in [0.4, 0.5) is 4.79 Å². The number of urea groups is 1. The number of amides is 2. The van der Waals surface area contributed by atoms with Crippen molar-refractivity contribution in [3.8, 4) is 0 Å². The Labute approximate surface area is 100 Å². The molecule has 0 unspecified atom stereocenters. The van der Waals surface area contributed by atoms with Gasteiger partial charge in [0.25, 0.3) is 0 Å². The lowest BCUT2D eigenvalue weighted by atomic mass is 9.93. The van der Waals surface area contributed by atoms with Crippen molar-refractivity contribution in [1.29, 1.82) is 0 Å². The van der Waals surface area contributed by atoms with Crippen LogP contribution in [-0.4, -0.2) is 29.1 Å². The van der Waals surface area contributed by atoms with Crippen molar-refractivity contribution >= 4 is 6.03 Å². The fourth-order valence-corrected chi connectivity index (χ4v) is 2.26. The average Bonchev–Trinajstić information content (AvgIpc) is 2.77. The molecular formula is C12H18N2O3. The van der Waals surface area contributed by atoms with Crippen LogP contribution in [0, 0.1) is 5.92 Å². The molecule has 5 nitrogen and oxygen atoms in total. The lowest BCUT2D eigenvalue weighted by Gasteiger charge is -2.30. The van der Waals surface area contributed by atoms with E-state index in [0.29, 0.717) is 11.7 Å². The smallest absolute Gasteiger partial charge is 0.314 e. The Balaban J connectivity index is 1.83. The monoisotopic (exact) mass is 238 g/mol. The molecule has 0 aromatic carbocycles. The van der Waals surface area contributed by atoms with Crippen LogP contribution in [0.1, 0.15) is 24.4 Å². The fraction of sp³-hybridized carbons (Fsp3) is 0.583. The van der Waals surface area contributed by atoms with E-state index in [1.54, 1.807) is 11.0 Å². The molecule has 1 aliphatic heterocycles. The zero-order valence-electron chi connectivity index (χ0n) is 9.76. The van der Waals surface area contributed by atoms with Crippen LogP contribution in [-0.2, 0) is 13.0 Å². The number of nitrogens with two attached hydrogens (primary N) is 1. The highest BCUT2D eigenvalue weighted by molar-refractivity contribution is 5.72. The predicted octanol–water partition coefficient (Wildman–Crippen LogP) is 1.11. The SMILES string of the molecule is NC(=O)N1CCC(Cc2ccc(CO)o2)CC1. The summed E-state index contributed by atoms with van der Waals surface area (Å²) < 4.78 is 5.45. The third kappa shape index (κ3) is 3.00. The molecule has 0 atom stereocenters. The summed E-state index contributed by atoms with van der Waals surface area (Å²) in [5.74, 6) is 2.05. The van der Waals surface area contributed by atoms with E-state index in [2.05, 4.69) is 0 Å². The van der Waals surface area contributed by atoms with Gasteiger partial charge in [-0.15, -0.1) is 0 Å². The van der Waals surface area contributed by atoms with E-state index < -0.39 is 0 Å². The van der Waals surface area contributed by atoms with Crippen LogP contribution in [0.2, 0.25) is 0 Å². The molecule has 0 saturated carbocycles. The Morgan fingerprint density at radius 2 is 2.06 bits per heavy atom. The van der Waals surface area contributed by atoms with Crippen LogP contribution < -0.4 is 5.73 Å². The maximum Gasteiger partial charge on any atom is 0.314 e. The number of primary amides is 1. The van der Waals surface area contributed by atoms with E-state index in [1.807, 2.05) is 6.07 Å². The molecule has 1 aliphatic rings. The molecule has 0 bridgehead atoms. The molecule has 0 spiro atoms. The first-order chi connectivity index (χ1) is 8.19. The Morgan fingerprint density at radius 3 is 2.59 bits per heavy atom. The summed E-state index contributed by atoms with van der Waals surface area (Å²) in [7, 11) is 0. The number of furan rings is 1. The highest BCUT2D eigenvalue weighted by Crippen LogP contribution is 2.22. The lowest BCUT2D eigenvalue weighted by Crippen LogP contribution is -2.41. The maximum absolute atomic E-state index is 11.0. The van der Waals surface area contributed by atoms with Crippen molar-refractivity contribution in [2.75, 3.05) is 13.1 Å². The number of hydrogen-bond acceptors (Lipinski definition) is 3. The summed E-state index contributed by atoms with van der Waals surface area (Å²) in [5, 5.41) is 8.90. The molecule has 2 heterocycles. The number of carbonyl (C=O) groups excluding carboxylic acids is 1. The Bertz CT molecular complexity index is 381. The highest BCUT2D eigenvalue weighted by Gasteiger charge is 2.22. The van der Waals surface area contributed by atoms with Gasteiger partial charge in [0.15, 0.2) is 0 Å². The third-order valence-corrected chi connectivity index (χ3v) is 3.29. The summed E-state index contributed by atoms with van der Waals surface area (Å²) >= 11 is 0. The van der Waals surface area contributed by atoms with E-state index in [4.69, 9.17) is 15.3 Å². The van der Waals surface area contributed by atoms with E-state index >= 15 is 0 Å². The zero-order valence-corrected chi connectivity index (χ0v) is 9.76. The van der Waals surface area contributed by atoms with Gasteiger partial charge in [-0.3, -0.25) is 0 Å². The van der Waals surface area contributed by atoms with Gasteiger partial charge in [-0.25, -0.2) is 4.79 Å². The Morgan fingerprint density at radius 1 is 1.41 bits per heavy atom. The summed E-state index contributed by atoms with van der Waals surface area (Å²) in [6, 6.07) is 3.38. The van der Waals surface area contributed by atoms with E-state index in [9.17, 15) is 4.79 Å². The van der Waals surface area contributed by atoms with Crippen molar-refractivity contribution in [2.45, 2.75) is 25.9 Å². The average molecular weight is 238 g/mol. The van der Waals surface area contributed by atoms with Crippen molar-refractivity contribution in [1.82, 2.24) is 4.90 Å². The summed E-state index contributed by atoms with van der Waals surface area (Å²) in [5.41, 5.74) is 5.23. The fourth-order valence-electron chi connectivity index (χ4n) is 2.26. The second-order valence-electron chi connectivity index (χ2n) is 4.50. The van der Waals surface area contributed by atoms with Crippen LogP contribution >= 0.6 is 0 Å². The van der Waals surface area contributed by atoms with Crippen LogP contribution in [0.5, 0.6) is 0 Å². The molecule has 1 aromatic heterocycles. The second kappa shape index (κ2) is 5.23. The predicted molar refractivity (Wildman–Crippen MR) is 62.2 cm³/mol. The normalized spacial score (nSPS) is 17.4. The van der Waals surface area contributed by atoms with Crippen molar-refractivity contribution in [3.05, 3.63) is 23.7 Å². The summed E-state index contributed by atoms with van der Waals surface area (Å²) in [4.78, 5) is 12.6. The minimum Gasteiger partial charge on any atom is -0.464 e. The van der Waals surface area contributed by atoms with E-state index in [-0.39, 0.29) is 12.6 Å². The van der Waals surface area contributed by atoms with Gasteiger partial charge in [0, 0.05) is 19.5 Å². The zero-order chi connectivity index (χ0) is 12.3. The topological polar surface area (TPSA) is 79.7 Å². The van der Waals surface area contributed by atoms with Gasteiger partial charge < -0.3 is 20.2 Å². The number of piperidine rings is 1. The summed E-state index contributed by atoms with van der Waals surface area (Å²) in [6.07, 6.45) is 2.78. The molecular weight excluding hydrogens is 220 g/mol. The van der Waals surface area contributed by atoms with Crippen LogP contribution in [0.15, 0.2) is 16.5 Å². The van der Waals surface area contributed by atoms with Gasteiger partial charge >= 0.3 is 6.03 Å². The standard InChI is InChI=1S/C12H18N2O3/c13-12(16)14-5-3-9(4-6-14)7-10-1-2-11(8-15)17-10/h1-2,9,15H,3-8H2,(H2,13,16). The molecule has 0 aliphatic carbocycles. The molecule has 3 N–H and O–H groups in total. The molecule has 2 rings (SSSR count). The number of aliphatic hydroxyl groups is 1. The van der Waals surface area contributed by atoms with Crippen molar-refractivity contribution in [2.24, 2.45) is 11.7 Å². The Kier molecular flexibility index (Phi) is 3.68. The minimum absolute atomic E-state index is 0.0554. The number of nitrogens with zero attached hydrogens (tertiary/aromatic N) is 1. The van der Waals surface area contributed by atoms with Gasteiger partial charge in [-0.1, -0.05) is 0 Å². The van der Waals surface area contributed by atoms with Gasteiger partial charge in [0.2, 0.25) is 0 Å². The van der Waals surface area contributed by atoms with Crippen LogP contribution in [0.3, 0.4) is 0 Å². The first-order valence-electron chi connectivity index (χ1n) is 5.92. The molecule has 17 heavy (non-hydrogen) atoms. The number of hydrogen-bond donors (Lipinski definition) is 2. The second-order valence-corrected chi connectivity index (χ2v) is 4.50. The van der Waals surface area contributed by atoms with Gasteiger partial charge in [0.1, 0.15) is 18.1 Å². The number of aliphatic hydroxyl groups excluding tert-OH is 1. The number of carbonyl (C=O) groups is 1. The molecule has 2 amide bonds. The first-order valence-corrected chi connectivity index (χ1v) is 5.92. The van der Waals surface area contributed by atoms with E-state index in [0.717, 1.165) is 38.1 Å². The first kappa shape index (κ1) is 12.0. The number of rotatable bonds is 3. The van der Waals surface area contributed by atoms with Gasteiger partial charge in [-0.2, -0.15) is 0 Å². The quantitative estimate of drug-likeness (QED) is 0.827.